The van der Waals surface area contributed by atoms with Gasteiger partial charge in [-0.15, -0.1) is 0 Å². The van der Waals surface area contributed by atoms with Gasteiger partial charge in [-0.2, -0.15) is 10.2 Å². The lowest BCUT2D eigenvalue weighted by Crippen LogP contribution is -2.00. The number of carbonyl (C=O) groups is 1. The maximum Gasteiger partial charge on any atom is 0.168 e. The fraction of sp³-hybridized carbons (Fsp3) is 0.0833. The van der Waals surface area contributed by atoms with E-state index < -0.39 is 0 Å². The van der Waals surface area contributed by atoms with Gasteiger partial charge in [0, 0.05) is 17.4 Å². The first-order valence-electron chi connectivity index (χ1n) is 4.80. The summed E-state index contributed by atoms with van der Waals surface area (Å²) in [6.45, 7) is 0. The minimum atomic E-state index is 0.108. The monoisotopic (exact) mass is 196 g/mol. The van der Waals surface area contributed by atoms with E-state index in [1.165, 1.54) is 0 Å². The lowest BCUT2D eigenvalue weighted by atomic mass is 10.0. The van der Waals surface area contributed by atoms with E-state index in [4.69, 9.17) is 0 Å². The predicted molar refractivity (Wildman–Crippen MR) is 57.5 cm³/mol. The van der Waals surface area contributed by atoms with E-state index in [9.17, 15) is 4.79 Å². The van der Waals surface area contributed by atoms with Gasteiger partial charge in [-0.1, -0.05) is 24.3 Å². The van der Waals surface area contributed by atoms with E-state index in [1.807, 2.05) is 30.4 Å². The second kappa shape index (κ2) is 2.98. The SMILES string of the molecule is O=C1CC=Cc2cccc3nncc1c23. The van der Waals surface area contributed by atoms with Crippen molar-refractivity contribution in [2.75, 3.05) is 0 Å². The van der Waals surface area contributed by atoms with Gasteiger partial charge >= 0.3 is 0 Å². The van der Waals surface area contributed by atoms with Crippen LogP contribution in [0, 0.1) is 0 Å². The van der Waals surface area contributed by atoms with Crippen molar-refractivity contribution in [3.05, 3.63) is 41.6 Å². The Balaban J connectivity index is 2.53. The number of hydrogen-bond donors (Lipinski definition) is 0. The molecule has 1 aromatic carbocycles. The molecule has 0 atom stereocenters. The third-order valence-corrected chi connectivity index (χ3v) is 2.60. The second-order valence-electron chi connectivity index (χ2n) is 3.53. The number of benzene rings is 1. The summed E-state index contributed by atoms with van der Waals surface area (Å²) in [5.74, 6) is 0.108. The van der Waals surface area contributed by atoms with Gasteiger partial charge in [0.15, 0.2) is 5.78 Å². The maximum absolute atomic E-state index is 11.8. The van der Waals surface area contributed by atoms with Crippen LogP contribution in [0.1, 0.15) is 22.3 Å². The van der Waals surface area contributed by atoms with Crippen LogP contribution in [-0.2, 0) is 0 Å². The molecule has 0 bridgehead atoms. The molecule has 0 radical (unpaired) electrons. The van der Waals surface area contributed by atoms with Crippen molar-refractivity contribution in [2.24, 2.45) is 0 Å². The van der Waals surface area contributed by atoms with Gasteiger partial charge in [-0.3, -0.25) is 4.79 Å². The molecular weight excluding hydrogens is 188 g/mol. The van der Waals surface area contributed by atoms with Crippen LogP contribution in [0.3, 0.4) is 0 Å². The van der Waals surface area contributed by atoms with Crippen molar-refractivity contribution in [3.8, 4) is 0 Å². The van der Waals surface area contributed by atoms with Crippen molar-refractivity contribution in [2.45, 2.75) is 6.42 Å². The van der Waals surface area contributed by atoms with E-state index in [0.717, 1.165) is 16.5 Å². The average Bonchev–Trinajstić information content (AvgIpc) is 2.42. The Bertz CT molecular complexity index is 582. The summed E-state index contributed by atoms with van der Waals surface area (Å²) < 4.78 is 0. The van der Waals surface area contributed by atoms with Crippen LogP contribution in [-0.4, -0.2) is 16.0 Å². The summed E-state index contributed by atoms with van der Waals surface area (Å²) in [7, 11) is 0. The third-order valence-electron chi connectivity index (χ3n) is 2.60. The third kappa shape index (κ3) is 1.16. The zero-order valence-electron chi connectivity index (χ0n) is 7.97. The zero-order chi connectivity index (χ0) is 10.3. The summed E-state index contributed by atoms with van der Waals surface area (Å²) in [6, 6.07) is 5.79. The van der Waals surface area contributed by atoms with Crippen LogP contribution in [0.15, 0.2) is 30.5 Å². The molecule has 15 heavy (non-hydrogen) atoms. The highest BCUT2D eigenvalue weighted by Gasteiger charge is 2.14. The summed E-state index contributed by atoms with van der Waals surface area (Å²) in [4.78, 5) is 11.8. The molecule has 0 aliphatic heterocycles. The normalized spacial score (nSPS) is 14.3. The molecule has 3 nitrogen and oxygen atoms in total. The molecule has 0 saturated heterocycles. The van der Waals surface area contributed by atoms with E-state index in [2.05, 4.69) is 10.2 Å². The van der Waals surface area contributed by atoms with Crippen LogP contribution in [0.4, 0.5) is 0 Å². The smallest absolute Gasteiger partial charge is 0.168 e. The molecule has 0 unspecified atom stereocenters. The molecule has 3 heteroatoms. The fourth-order valence-electron chi connectivity index (χ4n) is 1.90. The van der Waals surface area contributed by atoms with Gasteiger partial charge < -0.3 is 0 Å². The molecule has 2 aromatic rings. The number of rotatable bonds is 0. The number of Topliss-reactive ketones (excluding diaryl/α,β-unsaturated/α-hetero) is 1. The van der Waals surface area contributed by atoms with Crippen molar-refractivity contribution in [3.63, 3.8) is 0 Å². The molecule has 0 saturated carbocycles. The quantitative estimate of drug-likeness (QED) is 0.648. The Morgan fingerprint density at radius 3 is 3.13 bits per heavy atom. The Labute approximate surface area is 86.4 Å². The molecule has 3 rings (SSSR count). The molecule has 0 N–H and O–H groups in total. The molecule has 1 aliphatic rings. The van der Waals surface area contributed by atoms with Crippen LogP contribution in [0.5, 0.6) is 0 Å². The summed E-state index contributed by atoms with van der Waals surface area (Å²) >= 11 is 0. The van der Waals surface area contributed by atoms with Crippen molar-refractivity contribution in [1.29, 1.82) is 0 Å². The lowest BCUT2D eigenvalue weighted by molar-refractivity contribution is 0.0997. The summed E-state index contributed by atoms with van der Waals surface area (Å²) in [6.07, 6.45) is 5.85. The van der Waals surface area contributed by atoms with Gasteiger partial charge in [-0.25, -0.2) is 0 Å². The van der Waals surface area contributed by atoms with E-state index in [1.54, 1.807) is 6.20 Å². The lowest BCUT2D eigenvalue weighted by Gasteiger charge is -2.03. The highest BCUT2D eigenvalue weighted by Crippen LogP contribution is 2.25. The Kier molecular flexibility index (Phi) is 1.65. The van der Waals surface area contributed by atoms with Crippen molar-refractivity contribution < 1.29 is 4.79 Å². The van der Waals surface area contributed by atoms with Crippen LogP contribution in [0.2, 0.25) is 0 Å². The fourth-order valence-corrected chi connectivity index (χ4v) is 1.90. The summed E-state index contributed by atoms with van der Waals surface area (Å²) in [5, 5.41) is 8.80. The van der Waals surface area contributed by atoms with Gasteiger partial charge in [0.2, 0.25) is 0 Å². The first kappa shape index (κ1) is 8.29. The number of aromatic nitrogens is 2. The number of carbonyl (C=O) groups excluding carboxylic acids is 1. The minimum Gasteiger partial charge on any atom is -0.294 e. The molecule has 1 aliphatic carbocycles. The summed E-state index contributed by atoms with van der Waals surface area (Å²) in [5.41, 5.74) is 2.51. The average molecular weight is 196 g/mol. The minimum absolute atomic E-state index is 0.108. The molecule has 0 fully saturated rings. The topological polar surface area (TPSA) is 42.9 Å². The standard InChI is InChI=1S/C12H8N2O/c15-11-6-2-4-8-3-1-5-10-12(8)9(11)7-13-14-10/h1-5,7H,6H2. The van der Waals surface area contributed by atoms with Gasteiger partial charge in [0.1, 0.15) is 0 Å². The molecule has 0 spiro atoms. The Morgan fingerprint density at radius 1 is 1.27 bits per heavy atom. The zero-order valence-corrected chi connectivity index (χ0v) is 7.97. The predicted octanol–water partition coefficient (Wildman–Crippen LogP) is 2.23. The first-order valence-corrected chi connectivity index (χ1v) is 4.80. The highest BCUT2D eigenvalue weighted by atomic mass is 16.1. The van der Waals surface area contributed by atoms with Gasteiger partial charge in [-0.05, 0) is 11.6 Å². The molecular formula is C12H8N2O. The number of ketones is 1. The van der Waals surface area contributed by atoms with Crippen LogP contribution < -0.4 is 0 Å². The molecule has 72 valence electrons. The van der Waals surface area contributed by atoms with Crippen LogP contribution in [0.25, 0.3) is 17.0 Å². The van der Waals surface area contributed by atoms with Gasteiger partial charge in [0.05, 0.1) is 11.7 Å². The number of hydrogen-bond acceptors (Lipinski definition) is 3. The second-order valence-corrected chi connectivity index (χ2v) is 3.53. The van der Waals surface area contributed by atoms with Crippen molar-refractivity contribution >= 4 is 22.8 Å². The molecule has 1 heterocycles. The Hall–Kier alpha value is -2.03. The first-order chi connectivity index (χ1) is 7.36. The van der Waals surface area contributed by atoms with Crippen LogP contribution >= 0.6 is 0 Å². The Morgan fingerprint density at radius 2 is 2.20 bits per heavy atom. The van der Waals surface area contributed by atoms with E-state index >= 15 is 0 Å². The maximum atomic E-state index is 11.8. The number of allylic oxidation sites excluding steroid dienone is 1. The van der Waals surface area contributed by atoms with E-state index in [0.29, 0.717) is 12.0 Å². The largest absolute Gasteiger partial charge is 0.294 e. The molecule has 0 amide bonds. The highest BCUT2D eigenvalue weighted by molar-refractivity contribution is 6.11. The number of nitrogens with zero attached hydrogens (tertiary/aromatic N) is 2. The van der Waals surface area contributed by atoms with E-state index in [-0.39, 0.29) is 5.78 Å². The van der Waals surface area contributed by atoms with Crippen molar-refractivity contribution in [1.82, 2.24) is 10.2 Å². The molecule has 1 aromatic heterocycles. The van der Waals surface area contributed by atoms with Gasteiger partial charge in [0.25, 0.3) is 0 Å².